The first-order valence-corrected chi connectivity index (χ1v) is 11.5. The summed E-state index contributed by atoms with van der Waals surface area (Å²) < 4.78 is 10.9. The third kappa shape index (κ3) is 5.69. The van der Waals surface area contributed by atoms with Gasteiger partial charge in [0.25, 0.3) is 5.56 Å². The van der Waals surface area contributed by atoms with E-state index in [9.17, 15) is 4.79 Å². The van der Waals surface area contributed by atoms with Gasteiger partial charge in [0.1, 0.15) is 11.6 Å². The Morgan fingerprint density at radius 2 is 1.91 bits per heavy atom. The van der Waals surface area contributed by atoms with Crippen LogP contribution >= 0.6 is 24.8 Å². The summed E-state index contributed by atoms with van der Waals surface area (Å²) in [5.74, 6) is 2.32. The van der Waals surface area contributed by atoms with E-state index in [0.717, 1.165) is 68.5 Å². The molecule has 35 heavy (non-hydrogen) atoms. The number of fused-ring (bicyclic) bond motifs is 2. The Kier molecular flexibility index (Phi) is 8.93. The standard InChI is InChI=1S/C24H30N6O3.2ClH/c1-15(2)18-10-17(32-3)11-20-22(18)23(31)28-24(27-20)30-5-4-19-16(13-30)12-25-21(26-19)14-29-6-8-33-9-7-29;;/h10-12,15H,4-9,13-14H2,1-3H3,(H,27,28,31);2*1H. The molecule has 0 amide bonds. The zero-order valence-electron chi connectivity index (χ0n) is 20.2. The van der Waals surface area contributed by atoms with Gasteiger partial charge in [-0.3, -0.25) is 14.7 Å². The van der Waals surface area contributed by atoms with Crippen molar-refractivity contribution in [2.75, 3.05) is 44.9 Å². The number of anilines is 1. The van der Waals surface area contributed by atoms with Crippen molar-refractivity contribution in [2.45, 2.75) is 39.3 Å². The highest BCUT2D eigenvalue weighted by Crippen LogP contribution is 2.29. The number of halogens is 2. The third-order valence-electron chi connectivity index (χ3n) is 6.41. The fraction of sp³-hybridized carbons (Fsp3) is 0.500. The number of morpholine rings is 1. The molecule has 0 saturated carbocycles. The quantitative estimate of drug-likeness (QED) is 0.545. The van der Waals surface area contributed by atoms with E-state index < -0.39 is 0 Å². The van der Waals surface area contributed by atoms with Crippen molar-refractivity contribution in [3.63, 3.8) is 0 Å². The average molecular weight is 523 g/mol. The number of nitrogens with one attached hydrogen (secondary N) is 1. The van der Waals surface area contributed by atoms with E-state index in [4.69, 9.17) is 19.4 Å². The van der Waals surface area contributed by atoms with Gasteiger partial charge in [0.05, 0.1) is 43.5 Å². The van der Waals surface area contributed by atoms with E-state index >= 15 is 0 Å². The minimum Gasteiger partial charge on any atom is -0.497 e. The lowest BCUT2D eigenvalue weighted by Gasteiger charge is -2.29. The minimum absolute atomic E-state index is 0. The van der Waals surface area contributed by atoms with E-state index in [-0.39, 0.29) is 36.3 Å². The highest BCUT2D eigenvalue weighted by molar-refractivity contribution is 5.86. The van der Waals surface area contributed by atoms with Crippen LogP contribution in [0.5, 0.6) is 5.75 Å². The molecule has 0 radical (unpaired) electrons. The number of nitrogens with zero attached hydrogens (tertiary/aromatic N) is 5. The maximum absolute atomic E-state index is 13.0. The predicted octanol–water partition coefficient (Wildman–Crippen LogP) is 3.08. The first-order chi connectivity index (χ1) is 16.0. The second kappa shape index (κ2) is 11.5. The molecule has 0 unspecified atom stereocenters. The molecule has 190 valence electrons. The largest absolute Gasteiger partial charge is 0.497 e. The minimum atomic E-state index is -0.121. The topological polar surface area (TPSA) is 96.5 Å². The molecule has 5 rings (SSSR count). The van der Waals surface area contributed by atoms with Gasteiger partial charge >= 0.3 is 0 Å². The second-order valence-corrected chi connectivity index (χ2v) is 8.97. The molecule has 0 aliphatic carbocycles. The Hall–Kier alpha value is -2.46. The van der Waals surface area contributed by atoms with Gasteiger partial charge in [0.15, 0.2) is 0 Å². The van der Waals surface area contributed by atoms with Crippen LogP contribution in [-0.2, 0) is 24.2 Å². The first kappa shape index (κ1) is 27.1. The van der Waals surface area contributed by atoms with Crippen molar-refractivity contribution in [2.24, 2.45) is 0 Å². The van der Waals surface area contributed by atoms with Crippen LogP contribution in [0, 0.1) is 0 Å². The molecule has 1 aromatic carbocycles. The summed E-state index contributed by atoms with van der Waals surface area (Å²) in [5, 5.41) is 0.628. The predicted molar refractivity (Wildman–Crippen MR) is 140 cm³/mol. The van der Waals surface area contributed by atoms with E-state index in [1.165, 1.54) is 0 Å². The van der Waals surface area contributed by atoms with Crippen LogP contribution in [0.25, 0.3) is 10.9 Å². The molecule has 11 heteroatoms. The molecule has 2 aliphatic heterocycles. The Balaban J connectivity index is 0.00000171. The molecule has 3 aromatic rings. The van der Waals surface area contributed by atoms with Gasteiger partial charge in [0, 0.05) is 50.4 Å². The van der Waals surface area contributed by atoms with Gasteiger partial charge in [-0.2, -0.15) is 0 Å². The van der Waals surface area contributed by atoms with Crippen molar-refractivity contribution in [1.29, 1.82) is 0 Å². The fourth-order valence-electron chi connectivity index (χ4n) is 4.56. The van der Waals surface area contributed by atoms with Crippen LogP contribution in [-0.4, -0.2) is 64.8 Å². The highest BCUT2D eigenvalue weighted by atomic mass is 35.5. The number of aromatic nitrogens is 4. The van der Waals surface area contributed by atoms with Crippen LogP contribution in [0.4, 0.5) is 5.95 Å². The number of hydrogen-bond acceptors (Lipinski definition) is 8. The summed E-state index contributed by atoms with van der Waals surface area (Å²) in [4.78, 5) is 34.7. The summed E-state index contributed by atoms with van der Waals surface area (Å²) in [6.07, 6.45) is 2.70. The average Bonchev–Trinajstić information content (AvgIpc) is 2.83. The number of benzene rings is 1. The Labute approximate surface area is 217 Å². The van der Waals surface area contributed by atoms with Crippen LogP contribution in [0.2, 0.25) is 0 Å². The van der Waals surface area contributed by atoms with Crippen molar-refractivity contribution >= 4 is 41.7 Å². The lowest BCUT2D eigenvalue weighted by Crippen LogP contribution is -2.37. The third-order valence-corrected chi connectivity index (χ3v) is 6.41. The number of methoxy groups -OCH3 is 1. The Bertz CT molecular complexity index is 1230. The first-order valence-electron chi connectivity index (χ1n) is 11.5. The number of ether oxygens (including phenoxy) is 2. The van der Waals surface area contributed by atoms with Gasteiger partial charge in [0.2, 0.25) is 5.95 Å². The maximum atomic E-state index is 13.0. The highest BCUT2D eigenvalue weighted by Gasteiger charge is 2.23. The summed E-state index contributed by atoms with van der Waals surface area (Å²) in [6.45, 7) is 9.59. The van der Waals surface area contributed by atoms with E-state index in [2.05, 4.69) is 33.6 Å². The molecule has 4 heterocycles. The van der Waals surface area contributed by atoms with Gasteiger partial charge in [-0.15, -0.1) is 24.8 Å². The summed E-state index contributed by atoms with van der Waals surface area (Å²) in [6, 6.07) is 3.76. The van der Waals surface area contributed by atoms with Gasteiger partial charge in [-0.05, 0) is 17.5 Å². The molecule has 9 nitrogen and oxygen atoms in total. The summed E-state index contributed by atoms with van der Waals surface area (Å²) in [7, 11) is 1.63. The molecular weight excluding hydrogens is 491 g/mol. The van der Waals surface area contributed by atoms with Crippen LogP contribution in [0.3, 0.4) is 0 Å². The van der Waals surface area contributed by atoms with Crippen molar-refractivity contribution in [3.05, 3.63) is 51.3 Å². The molecule has 0 atom stereocenters. The van der Waals surface area contributed by atoms with E-state index in [1.807, 2.05) is 18.3 Å². The van der Waals surface area contributed by atoms with Crippen molar-refractivity contribution in [3.8, 4) is 5.75 Å². The summed E-state index contributed by atoms with van der Waals surface area (Å²) in [5.41, 5.74) is 3.62. The molecule has 2 aliphatic rings. The van der Waals surface area contributed by atoms with Crippen molar-refractivity contribution < 1.29 is 9.47 Å². The second-order valence-electron chi connectivity index (χ2n) is 8.97. The van der Waals surface area contributed by atoms with Crippen LogP contribution in [0.15, 0.2) is 23.1 Å². The van der Waals surface area contributed by atoms with Gasteiger partial charge in [-0.25, -0.2) is 15.0 Å². The van der Waals surface area contributed by atoms with Gasteiger partial charge < -0.3 is 14.4 Å². The van der Waals surface area contributed by atoms with E-state index in [0.29, 0.717) is 29.1 Å². The van der Waals surface area contributed by atoms with Crippen LogP contribution < -0.4 is 15.2 Å². The van der Waals surface area contributed by atoms with Crippen LogP contribution in [0.1, 0.15) is 42.4 Å². The molecule has 0 spiro atoms. The summed E-state index contributed by atoms with van der Waals surface area (Å²) >= 11 is 0. The Morgan fingerprint density at radius 3 is 2.63 bits per heavy atom. The molecule has 2 aromatic heterocycles. The zero-order chi connectivity index (χ0) is 22.9. The normalized spacial score (nSPS) is 15.9. The fourth-order valence-corrected chi connectivity index (χ4v) is 4.56. The van der Waals surface area contributed by atoms with Crippen molar-refractivity contribution in [1.82, 2.24) is 24.8 Å². The van der Waals surface area contributed by atoms with Gasteiger partial charge in [-0.1, -0.05) is 13.8 Å². The number of hydrogen-bond donors (Lipinski definition) is 1. The lowest BCUT2D eigenvalue weighted by atomic mass is 9.98. The molecule has 1 saturated heterocycles. The molecule has 0 bridgehead atoms. The number of aromatic amines is 1. The maximum Gasteiger partial charge on any atom is 0.260 e. The lowest BCUT2D eigenvalue weighted by molar-refractivity contribution is 0.0330. The molecule has 1 N–H and O–H groups in total. The number of H-pyrrole nitrogens is 1. The Morgan fingerprint density at radius 1 is 1.14 bits per heavy atom. The SMILES string of the molecule is COc1cc(C(C)C)c2c(=O)[nH]c(N3CCc4nc(CN5CCOCC5)ncc4C3)nc2c1.Cl.Cl. The monoisotopic (exact) mass is 522 g/mol. The smallest absolute Gasteiger partial charge is 0.260 e. The zero-order valence-corrected chi connectivity index (χ0v) is 21.9. The number of rotatable bonds is 5. The molecular formula is C24H32Cl2N6O3. The van der Waals surface area contributed by atoms with E-state index in [1.54, 1.807) is 7.11 Å². The molecule has 1 fully saturated rings.